The summed E-state index contributed by atoms with van der Waals surface area (Å²) in [5.74, 6) is 1.31. The third kappa shape index (κ3) is 3.85. The van der Waals surface area contributed by atoms with E-state index in [-0.39, 0.29) is 5.97 Å². The van der Waals surface area contributed by atoms with Gasteiger partial charge in [-0.25, -0.2) is 0 Å². The van der Waals surface area contributed by atoms with Gasteiger partial charge in [0.1, 0.15) is 11.5 Å². The van der Waals surface area contributed by atoms with Crippen LogP contribution >= 0.6 is 0 Å². The minimum atomic E-state index is -0.166. The number of methoxy groups -OCH3 is 1. The predicted octanol–water partition coefficient (Wildman–Crippen LogP) is 3.66. The minimum absolute atomic E-state index is 0.166. The van der Waals surface area contributed by atoms with Crippen molar-refractivity contribution >= 4 is 5.97 Å². The van der Waals surface area contributed by atoms with Gasteiger partial charge in [0.05, 0.1) is 7.11 Å². The molecule has 0 spiro atoms. The van der Waals surface area contributed by atoms with E-state index in [0.29, 0.717) is 12.2 Å². The number of aryl methyl sites for hydroxylation is 1. The van der Waals surface area contributed by atoms with Crippen LogP contribution in [0.5, 0.6) is 11.5 Å². The summed E-state index contributed by atoms with van der Waals surface area (Å²) in [6, 6.07) is 5.61. The van der Waals surface area contributed by atoms with Crippen molar-refractivity contribution in [1.82, 2.24) is 0 Å². The third-order valence-corrected chi connectivity index (χ3v) is 3.36. The smallest absolute Gasteiger partial charge is 0.311 e. The lowest BCUT2D eigenvalue weighted by Gasteiger charge is -2.11. The van der Waals surface area contributed by atoms with Gasteiger partial charge in [0.25, 0.3) is 0 Å². The van der Waals surface area contributed by atoms with Crippen molar-refractivity contribution in [3.05, 3.63) is 35.4 Å². The molecule has 2 rings (SSSR count). The molecular weight excluding hydrogens is 240 g/mol. The van der Waals surface area contributed by atoms with Crippen molar-refractivity contribution in [2.75, 3.05) is 7.11 Å². The minimum Gasteiger partial charge on any atom is -0.497 e. The molecule has 0 amide bonds. The van der Waals surface area contributed by atoms with E-state index in [1.807, 2.05) is 18.2 Å². The van der Waals surface area contributed by atoms with Crippen LogP contribution in [0.3, 0.4) is 0 Å². The fourth-order valence-corrected chi connectivity index (χ4v) is 2.19. The van der Waals surface area contributed by atoms with Gasteiger partial charge in [-0.05, 0) is 56.4 Å². The molecular formula is C16H20O3. The number of hydrogen-bond acceptors (Lipinski definition) is 3. The number of allylic oxidation sites excluding steroid dienone is 2. The molecule has 0 fully saturated rings. The molecule has 102 valence electrons. The van der Waals surface area contributed by atoms with Crippen molar-refractivity contribution in [1.29, 1.82) is 0 Å². The van der Waals surface area contributed by atoms with Gasteiger partial charge < -0.3 is 9.47 Å². The number of carbonyl (C=O) groups excluding carboxylic acids is 1. The summed E-state index contributed by atoms with van der Waals surface area (Å²) in [6.45, 7) is 2.07. The van der Waals surface area contributed by atoms with Crippen molar-refractivity contribution < 1.29 is 14.3 Å². The lowest BCUT2D eigenvalue weighted by Crippen LogP contribution is -2.09. The van der Waals surface area contributed by atoms with Crippen molar-refractivity contribution in [3.8, 4) is 11.5 Å². The van der Waals surface area contributed by atoms with Crippen LogP contribution in [0.4, 0.5) is 0 Å². The van der Waals surface area contributed by atoms with Gasteiger partial charge in [-0.2, -0.15) is 0 Å². The molecule has 0 bridgehead atoms. The lowest BCUT2D eigenvalue weighted by molar-refractivity contribution is -0.134. The summed E-state index contributed by atoms with van der Waals surface area (Å²) in [5.41, 5.74) is 2.31. The summed E-state index contributed by atoms with van der Waals surface area (Å²) in [4.78, 5) is 11.8. The van der Waals surface area contributed by atoms with E-state index < -0.39 is 0 Å². The molecule has 3 nitrogen and oxygen atoms in total. The van der Waals surface area contributed by atoms with Gasteiger partial charge in [-0.3, -0.25) is 4.79 Å². The first-order valence-corrected chi connectivity index (χ1v) is 6.72. The zero-order chi connectivity index (χ0) is 13.7. The van der Waals surface area contributed by atoms with Gasteiger partial charge in [0.2, 0.25) is 0 Å². The Morgan fingerprint density at radius 3 is 2.84 bits per heavy atom. The number of fused-ring (bicyclic) bond motifs is 1. The second-order valence-corrected chi connectivity index (χ2v) is 4.89. The third-order valence-electron chi connectivity index (χ3n) is 3.36. The number of benzene rings is 1. The van der Waals surface area contributed by atoms with Gasteiger partial charge in [-0.15, -0.1) is 0 Å². The Balaban J connectivity index is 2.24. The Hall–Kier alpha value is -1.77. The summed E-state index contributed by atoms with van der Waals surface area (Å²) in [6.07, 6.45) is 6.42. The zero-order valence-corrected chi connectivity index (χ0v) is 11.6. The SMILES string of the molecule is COc1ccc2c(c1)CCC/C=C(/C)CCC(=O)O2. The quantitative estimate of drug-likeness (QED) is 0.439. The molecule has 0 saturated heterocycles. The highest BCUT2D eigenvalue weighted by molar-refractivity contribution is 5.73. The highest BCUT2D eigenvalue weighted by Gasteiger charge is 2.12. The van der Waals surface area contributed by atoms with Crippen LogP contribution in [0.2, 0.25) is 0 Å². The fourth-order valence-electron chi connectivity index (χ4n) is 2.19. The molecule has 3 heteroatoms. The second kappa shape index (κ2) is 6.41. The summed E-state index contributed by atoms with van der Waals surface area (Å²) >= 11 is 0. The van der Waals surface area contributed by atoms with Gasteiger partial charge in [0, 0.05) is 6.42 Å². The molecule has 0 unspecified atom stereocenters. The molecule has 1 aromatic rings. The van der Waals surface area contributed by atoms with Crippen molar-refractivity contribution in [3.63, 3.8) is 0 Å². The molecule has 0 aromatic heterocycles. The Kier molecular flexibility index (Phi) is 4.61. The first kappa shape index (κ1) is 13.7. The van der Waals surface area contributed by atoms with E-state index >= 15 is 0 Å². The molecule has 0 radical (unpaired) electrons. The van der Waals surface area contributed by atoms with Gasteiger partial charge >= 0.3 is 5.97 Å². The number of ether oxygens (including phenoxy) is 2. The standard InChI is InChI=1S/C16H20O3/c1-12-5-3-4-6-13-11-14(18-2)8-9-15(13)19-16(17)10-7-12/h5,8-9,11H,3-4,6-7,10H2,1-2H3/b12-5-. The van der Waals surface area contributed by atoms with E-state index in [1.54, 1.807) is 7.11 Å². The molecule has 0 N–H and O–H groups in total. The normalized spacial score (nSPS) is 19.5. The monoisotopic (exact) mass is 260 g/mol. The molecule has 1 aliphatic heterocycles. The maximum atomic E-state index is 11.8. The maximum absolute atomic E-state index is 11.8. The van der Waals surface area contributed by atoms with Crippen LogP contribution < -0.4 is 9.47 Å². The average Bonchev–Trinajstić information content (AvgIpc) is 2.44. The van der Waals surface area contributed by atoms with Crippen molar-refractivity contribution in [2.45, 2.75) is 39.0 Å². The predicted molar refractivity (Wildman–Crippen MR) is 74.6 cm³/mol. The summed E-state index contributed by atoms with van der Waals surface area (Å²) < 4.78 is 10.7. The zero-order valence-electron chi connectivity index (χ0n) is 11.6. The van der Waals surface area contributed by atoms with Crippen LogP contribution in [0, 0.1) is 0 Å². The Morgan fingerprint density at radius 1 is 1.21 bits per heavy atom. The number of hydrogen-bond donors (Lipinski definition) is 0. The highest BCUT2D eigenvalue weighted by atomic mass is 16.5. The number of carbonyl (C=O) groups is 1. The molecule has 1 aliphatic rings. The Morgan fingerprint density at radius 2 is 2.05 bits per heavy atom. The van der Waals surface area contributed by atoms with Gasteiger partial charge in [0.15, 0.2) is 0 Å². The van der Waals surface area contributed by atoms with Gasteiger partial charge in [-0.1, -0.05) is 11.6 Å². The Bertz CT molecular complexity index is 489. The van der Waals surface area contributed by atoms with Crippen LogP contribution in [0.1, 0.15) is 38.2 Å². The first-order chi connectivity index (χ1) is 9.19. The van der Waals surface area contributed by atoms with Crippen LogP contribution in [-0.4, -0.2) is 13.1 Å². The number of esters is 1. The first-order valence-electron chi connectivity index (χ1n) is 6.72. The maximum Gasteiger partial charge on any atom is 0.311 e. The molecule has 0 saturated carbocycles. The lowest BCUT2D eigenvalue weighted by atomic mass is 10.1. The van der Waals surface area contributed by atoms with E-state index in [2.05, 4.69) is 13.0 Å². The van der Waals surface area contributed by atoms with E-state index in [9.17, 15) is 4.79 Å². The van der Waals surface area contributed by atoms with Crippen LogP contribution in [0.15, 0.2) is 29.8 Å². The van der Waals surface area contributed by atoms with E-state index in [1.165, 1.54) is 5.57 Å². The average molecular weight is 260 g/mol. The Labute approximate surface area is 114 Å². The van der Waals surface area contributed by atoms with E-state index in [0.717, 1.165) is 37.0 Å². The highest BCUT2D eigenvalue weighted by Crippen LogP contribution is 2.27. The summed E-state index contributed by atoms with van der Waals surface area (Å²) in [7, 11) is 1.64. The molecule has 0 atom stereocenters. The molecule has 19 heavy (non-hydrogen) atoms. The van der Waals surface area contributed by atoms with Crippen LogP contribution in [0.25, 0.3) is 0 Å². The topological polar surface area (TPSA) is 35.5 Å². The van der Waals surface area contributed by atoms with Crippen LogP contribution in [-0.2, 0) is 11.2 Å². The molecule has 0 aliphatic carbocycles. The number of rotatable bonds is 1. The molecule has 1 heterocycles. The van der Waals surface area contributed by atoms with Crippen molar-refractivity contribution in [2.24, 2.45) is 0 Å². The largest absolute Gasteiger partial charge is 0.497 e. The van der Waals surface area contributed by atoms with E-state index in [4.69, 9.17) is 9.47 Å². The molecule has 1 aromatic carbocycles. The second-order valence-electron chi connectivity index (χ2n) is 4.89. The fraction of sp³-hybridized carbons (Fsp3) is 0.438. The summed E-state index contributed by atoms with van der Waals surface area (Å²) in [5, 5.41) is 0.